The number of hydrogen-bond acceptors (Lipinski definition) is 3. The van der Waals surface area contributed by atoms with Crippen LogP contribution in [0.15, 0.2) is 30.5 Å². The molecule has 1 aromatic carbocycles. The standard InChI is InChI=1S/C16H18N2O2/c1-11-14(10-17-18(11)2)15(19)9-16-13-6-4-3-5-12(13)7-8-20-16/h3-6,10,16H,7-9H2,1-2H3. The van der Waals surface area contributed by atoms with Gasteiger partial charge in [-0.25, -0.2) is 0 Å². The van der Waals surface area contributed by atoms with Gasteiger partial charge in [-0.05, 0) is 24.5 Å². The second kappa shape index (κ2) is 5.21. The largest absolute Gasteiger partial charge is 0.373 e. The quantitative estimate of drug-likeness (QED) is 0.805. The van der Waals surface area contributed by atoms with Crippen LogP contribution < -0.4 is 0 Å². The van der Waals surface area contributed by atoms with Gasteiger partial charge in [0.2, 0.25) is 0 Å². The normalized spacial score (nSPS) is 17.8. The highest BCUT2D eigenvalue weighted by atomic mass is 16.5. The van der Waals surface area contributed by atoms with Crippen LogP contribution in [0, 0.1) is 6.92 Å². The molecule has 1 aromatic heterocycles. The number of benzene rings is 1. The second-order valence-corrected chi connectivity index (χ2v) is 5.20. The fraction of sp³-hybridized carbons (Fsp3) is 0.375. The lowest BCUT2D eigenvalue weighted by molar-refractivity contribution is 0.0352. The van der Waals surface area contributed by atoms with Gasteiger partial charge in [0.25, 0.3) is 0 Å². The van der Waals surface area contributed by atoms with E-state index >= 15 is 0 Å². The molecular weight excluding hydrogens is 252 g/mol. The van der Waals surface area contributed by atoms with Gasteiger partial charge >= 0.3 is 0 Å². The summed E-state index contributed by atoms with van der Waals surface area (Å²) in [5, 5.41) is 4.13. The Labute approximate surface area is 118 Å². The van der Waals surface area contributed by atoms with Crippen LogP contribution in [0.5, 0.6) is 0 Å². The first-order chi connectivity index (χ1) is 9.66. The first kappa shape index (κ1) is 13.1. The number of rotatable bonds is 3. The van der Waals surface area contributed by atoms with Crippen LogP contribution in [0.25, 0.3) is 0 Å². The molecule has 0 saturated carbocycles. The summed E-state index contributed by atoms with van der Waals surface area (Å²) in [6, 6.07) is 8.21. The highest BCUT2D eigenvalue weighted by molar-refractivity contribution is 5.97. The average molecular weight is 270 g/mol. The highest BCUT2D eigenvalue weighted by Gasteiger charge is 2.24. The van der Waals surface area contributed by atoms with Crippen LogP contribution in [0.4, 0.5) is 0 Å². The van der Waals surface area contributed by atoms with E-state index in [1.54, 1.807) is 10.9 Å². The zero-order valence-electron chi connectivity index (χ0n) is 11.8. The van der Waals surface area contributed by atoms with Crippen molar-refractivity contribution in [2.45, 2.75) is 25.9 Å². The molecule has 0 amide bonds. The van der Waals surface area contributed by atoms with Crippen LogP contribution in [-0.2, 0) is 18.2 Å². The number of carbonyl (C=O) groups is 1. The molecule has 1 aliphatic rings. The van der Waals surface area contributed by atoms with E-state index in [4.69, 9.17) is 4.74 Å². The molecule has 0 fully saturated rings. The summed E-state index contributed by atoms with van der Waals surface area (Å²) in [5.74, 6) is 0.0947. The van der Waals surface area contributed by atoms with Gasteiger partial charge in [0.15, 0.2) is 5.78 Å². The van der Waals surface area contributed by atoms with Crippen LogP contribution in [-0.4, -0.2) is 22.2 Å². The van der Waals surface area contributed by atoms with Gasteiger partial charge in [-0.1, -0.05) is 24.3 Å². The van der Waals surface area contributed by atoms with Gasteiger partial charge in [0.1, 0.15) is 0 Å². The minimum absolute atomic E-state index is 0.0947. The maximum Gasteiger partial charge on any atom is 0.169 e. The first-order valence-corrected chi connectivity index (χ1v) is 6.88. The topological polar surface area (TPSA) is 44.1 Å². The Morgan fingerprint density at radius 1 is 1.45 bits per heavy atom. The van der Waals surface area contributed by atoms with Crippen molar-refractivity contribution >= 4 is 5.78 Å². The van der Waals surface area contributed by atoms with E-state index in [2.05, 4.69) is 17.2 Å². The maximum atomic E-state index is 12.4. The zero-order valence-corrected chi connectivity index (χ0v) is 11.8. The third-order valence-corrected chi connectivity index (χ3v) is 4.00. The monoisotopic (exact) mass is 270 g/mol. The van der Waals surface area contributed by atoms with Crippen molar-refractivity contribution in [2.75, 3.05) is 6.61 Å². The van der Waals surface area contributed by atoms with E-state index < -0.39 is 0 Å². The molecule has 0 N–H and O–H groups in total. The molecule has 0 spiro atoms. The molecule has 104 valence electrons. The molecular formula is C16H18N2O2. The van der Waals surface area contributed by atoms with E-state index in [0.29, 0.717) is 18.6 Å². The number of hydrogen-bond donors (Lipinski definition) is 0. The van der Waals surface area contributed by atoms with Crippen molar-refractivity contribution in [3.05, 3.63) is 52.8 Å². The van der Waals surface area contributed by atoms with Crippen LogP contribution in [0.2, 0.25) is 0 Å². The molecule has 20 heavy (non-hydrogen) atoms. The Kier molecular flexibility index (Phi) is 3.40. The van der Waals surface area contributed by atoms with Crippen molar-refractivity contribution in [2.24, 2.45) is 7.05 Å². The van der Waals surface area contributed by atoms with E-state index in [1.807, 2.05) is 26.1 Å². The summed E-state index contributed by atoms with van der Waals surface area (Å²) < 4.78 is 7.52. The molecule has 3 rings (SSSR count). The number of nitrogens with zero attached hydrogens (tertiary/aromatic N) is 2. The number of ether oxygens (including phenoxy) is 1. The van der Waals surface area contributed by atoms with Gasteiger partial charge in [-0.2, -0.15) is 5.10 Å². The molecule has 1 atom stereocenters. The van der Waals surface area contributed by atoms with Gasteiger partial charge < -0.3 is 4.74 Å². The van der Waals surface area contributed by atoms with Crippen LogP contribution in [0.3, 0.4) is 0 Å². The Morgan fingerprint density at radius 2 is 2.25 bits per heavy atom. The molecule has 0 aliphatic carbocycles. The summed E-state index contributed by atoms with van der Waals surface area (Å²) in [7, 11) is 1.85. The minimum atomic E-state index is -0.132. The van der Waals surface area contributed by atoms with Crippen LogP contribution >= 0.6 is 0 Å². The zero-order chi connectivity index (χ0) is 14.1. The lowest BCUT2D eigenvalue weighted by Crippen LogP contribution is -2.19. The smallest absolute Gasteiger partial charge is 0.169 e. The lowest BCUT2D eigenvalue weighted by atomic mass is 9.93. The molecule has 1 unspecified atom stereocenters. The fourth-order valence-electron chi connectivity index (χ4n) is 2.70. The number of aryl methyl sites for hydroxylation is 1. The fourth-order valence-corrected chi connectivity index (χ4v) is 2.70. The Hall–Kier alpha value is -1.94. The van der Waals surface area contributed by atoms with E-state index in [-0.39, 0.29) is 11.9 Å². The predicted molar refractivity (Wildman–Crippen MR) is 75.7 cm³/mol. The van der Waals surface area contributed by atoms with Crippen molar-refractivity contribution < 1.29 is 9.53 Å². The van der Waals surface area contributed by atoms with Gasteiger partial charge in [0, 0.05) is 19.2 Å². The van der Waals surface area contributed by atoms with Crippen molar-refractivity contribution in [1.82, 2.24) is 9.78 Å². The van der Waals surface area contributed by atoms with E-state index in [0.717, 1.165) is 17.7 Å². The lowest BCUT2D eigenvalue weighted by Gasteiger charge is -2.25. The van der Waals surface area contributed by atoms with Crippen molar-refractivity contribution in [3.8, 4) is 0 Å². The molecule has 2 aromatic rings. The Bertz CT molecular complexity index is 646. The molecule has 0 saturated heterocycles. The van der Waals surface area contributed by atoms with Crippen molar-refractivity contribution in [1.29, 1.82) is 0 Å². The molecule has 0 bridgehead atoms. The van der Waals surface area contributed by atoms with Gasteiger partial charge in [-0.3, -0.25) is 9.48 Å². The number of ketones is 1. The summed E-state index contributed by atoms with van der Waals surface area (Å²) in [6.45, 7) is 2.59. The minimum Gasteiger partial charge on any atom is -0.373 e. The second-order valence-electron chi connectivity index (χ2n) is 5.20. The first-order valence-electron chi connectivity index (χ1n) is 6.88. The molecule has 4 heteroatoms. The highest BCUT2D eigenvalue weighted by Crippen LogP contribution is 2.30. The molecule has 2 heterocycles. The summed E-state index contributed by atoms with van der Waals surface area (Å²) in [6.07, 6.45) is 2.81. The number of Topliss-reactive ketones (excluding diaryl/α,β-unsaturated/α-hetero) is 1. The van der Waals surface area contributed by atoms with Gasteiger partial charge in [0.05, 0.1) is 24.5 Å². The predicted octanol–water partition coefficient (Wildman–Crippen LogP) is 2.62. The van der Waals surface area contributed by atoms with Crippen molar-refractivity contribution in [3.63, 3.8) is 0 Å². The summed E-state index contributed by atoms with van der Waals surface area (Å²) in [4.78, 5) is 12.4. The summed E-state index contributed by atoms with van der Waals surface area (Å²) in [5.41, 5.74) is 4.03. The number of fused-ring (bicyclic) bond motifs is 1. The third kappa shape index (κ3) is 2.27. The molecule has 1 aliphatic heterocycles. The molecule has 4 nitrogen and oxygen atoms in total. The number of aromatic nitrogens is 2. The third-order valence-electron chi connectivity index (χ3n) is 4.00. The maximum absolute atomic E-state index is 12.4. The SMILES string of the molecule is Cc1c(C(=O)CC2OCCc3ccccc32)cnn1C. The van der Waals surface area contributed by atoms with E-state index in [1.165, 1.54) is 5.56 Å². The Morgan fingerprint density at radius 3 is 3.00 bits per heavy atom. The van der Waals surface area contributed by atoms with E-state index in [9.17, 15) is 4.79 Å². The molecule has 0 radical (unpaired) electrons. The average Bonchev–Trinajstić information content (AvgIpc) is 2.79. The number of carbonyl (C=O) groups excluding carboxylic acids is 1. The Balaban J connectivity index is 1.82. The summed E-state index contributed by atoms with van der Waals surface area (Å²) >= 11 is 0. The van der Waals surface area contributed by atoms with Gasteiger partial charge in [-0.15, -0.1) is 0 Å². The van der Waals surface area contributed by atoms with Crippen LogP contribution in [0.1, 0.15) is 39.7 Å².